The maximum atomic E-state index is 12.1. The van der Waals surface area contributed by atoms with E-state index in [4.69, 9.17) is 20.9 Å². The molecule has 0 spiro atoms. The van der Waals surface area contributed by atoms with Crippen LogP contribution in [0.3, 0.4) is 0 Å². The van der Waals surface area contributed by atoms with Gasteiger partial charge in [-0.15, -0.1) is 0 Å². The molecule has 0 radical (unpaired) electrons. The van der Waals surface area contributed by atoms with Crippen LogP contribution in [0.1, 0.15) is 5.56 Å². The van der Waals surface area contributed by atoms with Crippen LogP contribution in [0.15, 0.2) is 77.3 Å². The van der Waals surface area contributed by atoms with Crippen molar-refractivity contribution in [3.05, 3.63) is 83.4 Å². The number of halogens is 1. The number of amides is 1. The lowest BCUT2D eigenvalue weighted by Crippen LogP contribution is -2.20. The largest absolute Gasteiger partial charge is 0.484 e. The molecule has 30 heavy (non-hydrogen) atoms. The fourth-order valence-corrected chi connectivity index (χ4v) is 2.88. The summed E-state index contributed by atoms with van der Waals surface area (Å²) < 4.78 is 11.0. The molecular weight excluding hydrogens is 402 g/mol. The predicted molar refractivity (Wildman–Crippen MR) is 115 cm³/mol. The molecule has 6 nitrogen and oxygen atoms in total. The lowest BCUT2D eigenvalue weighted by molar-refractivity contribution is -0.118. The molecule has 150 valence electrons. The van der Waals surface area contributed by atoms with E-state index in [0.717, 1.165) is 22.4 Å². The van der Waals surface area contributed by atoms with Crippen LogP contribution in [0.25, 0.3) is 22.8 Å². The predicted octanol–water partition coefficient (Wildman–Crippen LogP) is 5.38. The Morgan fingerprint density at radius 2 is 1.80 bits per heavy atom. The molecule has 3 aromatic carbocycles. The van der Waals surface area contributed by atoms with E-state index >= 15 is 0 Å². The number of ether oxygens (including phenoxy) is 1. The third-order valence-electron chi connectivity index (χ3n) is 4.31. The van der Waals surface area contributed by atoms with Gasteiger partial charge in [0.2, 0.25) is 5.82 Å². The molecule has 0 aliphatic carbocycles. The zero-order valence-electron chi connectivity index (χ0n) is 16.1. The second-order valence-corrected chi connectivity index (χ2v) is 7.10. The van der Waals surface area contributed by atoms with E-state index < -0.39 is 0 Å². The van der Waals surface area contributed by atoms with Gasteiger partial charge in [0.1, 0.15) is 5.75 Å². The number of carbonyl (C=O) groups is 1. The number of anilines is 1. The molecular formula is C23H18ClN3O3. The average Bonchev–Trinajstić information content (AvgIpc) is 3.25. The fourth-order valence-electron chi connectivity index (χ4n) is 2.76. The molecule has 1 N–H and O–H groups in total. The van der Waals surface area contributed by atoms with Crippen molar-refractivity contribution in [3.63, 3.8) is 0 Å². The Bertz CT molecular complexity index is 1160. The number of nitrogens with zero attached hydrogens (tertiary/aromatic N) is 2. The highest BCUT2D eigenvalue weighted by Gasteiger charge is 2.12. The van der Waals surface area contributed by atoms with Crippen molar-refractivity contribution in [2.45, 2.75) is 6.92 Å². The van der Waals surface area contributed by atoms with Crippen molar-refractivity contribution in [2.75, 3.05) is 11.9 Å². The van der Waals surface area contributed by atoms with Gasteiger partial charge in [-0.2, -0.15) is 4.98 Å². The molecule has 4 rings (SSSR count). The van der Waals surface area contributed by atoms with Crippen LogP contribution >= 0.6 is 11.6 Å². The smallest absolute Gasteiger partial charge is 0.262 e. The Labute approximate surface area is 178 Å². The van der Waals surface area contributed by atoms with Crippen molar-refractivity contribution in [3.8, 4) is 28.6 Å². The van der Waals surface area contributed by atoms with Gasteiger partial charge in [-0.1, -0.05) is 46.6 Å². The van der Waals surface area contributed by atoms with Gasteiger partial charge in [0.05, 0.1) is 0 Å². The minimum atomic E-state index is -0.242. The first-order valence-electron chi connectivity index (χ1n) is 9.26. The van der Waals surface area contributed by atoms with Crippen LogP contribution in [0.4, 0.5) is 5.69 Å². The van der Waals surface area contributed by atoms with Gasteiger partial charge < -0.3 is 14.6 Å². The number of aryl methyl sites for hydroxylation is 1. The monoisotopic (exact) mass is 419 g/mol. The number of benzene rings is 3. The SMILES string of the molecule is Cc1ccc(NC(=O)COc2cccc(-c3noc(-c4ccc(Cl)cc4)n3)c2)cc1. The molecule has 0 bridgehead atoms. The average molecular weight is 420 g/mol. The van der Waals surface area contributed by atoms with Crippen molar-refractivity contribution in [1.82, 2.24) is 10.1 Å². The molecule has 1 aromatic heterocycles. The Morgan fingerprint density at radius 1 is 1.03 bits per heavy atom. The Kier molecular flexibility index (Phi) is 5.77. The zero-order valence-corrected chi connectivity index (χ0v) is 16.9. The van der Waals surface area contributed by atoms with Gasteiger partial charge in [0.15, 0.2) is 6.61 Å². The van der Waals surface area contributed by atoms with Gasteiger partial charge in [-0.3, -0.25) is 4.79 Å². The maximum Gasteiger partial charge on any atom is 0.262 e. The zero-order chi connectivity index (χ0) is 20.9. The molecule has 0 aliphatic heterocycles. The normalized spacial score (nSPS) is 10.6. The highest BCUT2D eigenvalue weighted by Crippen LogP contribution is 2.25. The summed E-state index contributed by atoms with van der Waals surface area (Å²) in [6.07, 6.45) is 0. The highest BCUT2D eigenvalue weighted by molar-refractivity contribution is 6.30. The first-order chi connectivity index (χ1) is 14.6. The van der Waals surface area contributed by atoms with Crippen molar-refractivity contribution >= 4 is 23.2 Å². The van der Waals surface area contributed by atoms with E-state index in [0.29, 0.717) is 22.5 Å². The van der Waals surface area contributed by atoms with E-state index in [2.05, 4.69) is 15.5 Å². The second-order valence-electron chi connectivity index (χ2n) is 6.66. The summed E-state index contributed by atoms with van der Waals surface area (Å²) in [7, 11) is 0. The standard InChI is InChI=1S/C23H18ClN3O3/c1-15-5-11-19(12-6-15)25-21(28)14-29-20-4-2-3-17(13-20)22-26-23(30-27-22)16-7-9-18(24)10-8-16/h2-13H,14H2,1H3,(H,25,28). The first-order valence-corrected chi connectivity index (χ1v) is 9.64. The van der Waals surface area contributed by atoms with Crippen molar-refractivity contribution in [2.24, 2.45) is 0 Å². The van der Waals surface area contributed by atoms with Crippen molar-refractivity contribution < 1.29 is 14.1 Å². The molecule has 0 saturated heterocycles. The summed E-state index contributed by atoms with van der Waals surface area (Å²) in [6, 6.07) is 21.9. The quantitative estimate of drug-likeness (QED) is 0.453. The summed E-state index contributed by atoms with van der Waals surface area (Å²) in [5.74, 6) is 1.11. The number of aromatic nitrogens is 2. The van der Waals surface area contributed by atoms with E-state index in [1.165, 1.54) is 0 Å². The van der Waals surface area contributed by atoms with E-state index in [1.54, 1.807) is 30.3 Å². The maximum absolute atomic E-state index is 12.1. The topological polar surface area (TPSA) is 77.2 Å². The minimum absolute atomic E-state index is 0.112. The Morgan fingerprint density at radius 3 is 2.57 bits per heavy atom. The lowest BCUT2D eigenvalue weighted by atomic mass is 10.2. The summed E-state index contributed by atoms with van der Waals surface area (Å²) in [4.78, 5) is 16.5. The van der Waals surface area contributed by atoms with Crippen LogP contribution in [-0.2, 0) is 4.79 Å². The second kappa shape index (κ2) is 8.80. The molecule has 4 aromatic rings. The molecule has 0 atom stereocenters. The number of rotatable bonds is 6. The van der Waals surface area contributed by atoms with E-state index in [1.807, 2.05) is 49.4 Å². The third-order valence-corrected chi connectivity index (χ3v) is 4.57. The summed E-state index contributed by atoms with van der Waals surface area (Å²) in [5, 5.41) is 7.46. The summed E-state index contributed by atoms with van der Waals surface area (Å²) in [6.45, 7) is 1.88. The fraction of sp³-hybridized carbons (Fsp3) is 0.0870. The Balaban J connectivity index is 1.41. The minimum Gasteiger partial charge on any atom is -0.484 e. The molecule has 0 aliphatic rings. The first kappa shape index (κ1) is 19.7. The van der Waals surface area contributed by atoms with Crippen LogP contribution < -0.4 is 10.1 Å². The molecule has 7 heteroatoms. The van der Waals surface area contributed by atoms with Crippen LogP contribution in [0.5, 0.6) is 5.75 Å². The van der Waals surface area contributed by atoms with Gasteiger partial charge in [0.25, 0.3) is 11.8 Å². The molecule has 0 unspecified atom stereocenters. The van der Waals surface area contributed by atoms with Gasteiger partial charge in [0, 0.05) is 21.8 Å². The molecule has 1 heterocycles. The van der Waals surface area contributed by atoms with Crippen molar-refractivity contribution in [1.29, 1.82) is 0 Å². The summed E-state index contributed by atoms with van der Waals surface area (Å²) in [5.41, 5.74) is 3.35. The van der Waals surface area contributed by atoms with E-state index in [9.17, 15) is 4.79 Å². The number of hydrogen-bond donors (Lipinski definition) is 1. The van der Waals surface area contributed by atoms with Crippen LogP contribution in [0.2, 0.25) is 5.02 Å². The van der Waals surface area contributed by atoms with Gasteiger partial charge in [-0.25, -0.2) is 0 Å². The molecule has 0 saturated carbocycles. The van der Waals surface area contributed by atoms with Crippen LogP contribution in [-0.4, -0.2) is 22.7 Å². The number of carbonyl (C=O) groups excluding carboxylic acids is 1. The lowest BCUT2D eigenvalue weighted by Gasteiger charge is -2.08. The number of nitrogens with one attached hydrogen (secondary N) is 1. The molecule has 1 amide bonds. The van der Waals surface area contributed by atoms with Gasteiger partial charge in [-0.05, 0) is 55.5 Å². The van der Waals surface area contributed by atoms with Crippen LogP contribution in [0, 0.1) is 6.92 Å². The Hall–Kier alpha value is -3.64. The molecule has 0 fully saturated rings. The third kappa shape index (κ3) is 4.85. The highest BCUT2D eigenvalue weighted by atomic mass is 35.5. The van der Waals surface area contributed by atoms with Gasteiger partial charge >= 0.3 is 0 Å². The summed E-state index contributed by atoms with van der Waals surface area (Å²) >= 11 is 5.91. The van der Waals surface area contributed by atoms with E-state index in [-0.39, 0.29) is 12.5 Å². The number of hydrogen-bond acceptors (Lipinski definition) is 5.